The third-order valence-corrected chi connectivity index (χ3v) is 1.83. The fourth-order valence-electron chi connectivity index (χ4n) is 1.18. The van der Waals surface area contributed by atoms with Crippen molar-refractivity contribution >= 4 is 5.90 Å². The Balaban J connectivity index is 3.09. The van der Waals surface area contributed by atoms with Gasteiger partial charge in [0.25, 0.3) is 0 Å². The highest BCUT2D eigenvalue weighted by Gasteiger charge is 2.03. The molecule has 0 aliphatic carbocycles. The number of nitrogens with one attached hydrogen (secondary N) is 1. The number of benzene rings is 1. The molecule has 2 nitrogen and oxygen atoms in total. The van der Waals surface area contributed by atoms with E-state index in [0.29, 0.717) is 0 Å². The van der Waals surface area contributed by atoms with Gasteiger partial charge in [-0.15, -0.1) is 0 Å². The van der Waals surface area contributed by atoms with Crippen molar-refractivity contribution in [2.45, 2.75) is 13.8 Å². The molecule has 1 aromatic rings. The van der Waals surface area contributed by atoms with E-state index in [2.05, 4.69) is 0 Å². The Kier molecular flexibility index (Phi) is 2.48. The molecule has 1 aromatic carbocycles. The van der Waals surface area contributed by atoms with Crippen molar-refractivity contribution in [3.8, 4) is 0 Å². The summed E-state index contributed by atoms with van der Waals surface area (Å²) in [6.07, 6.45) is 0. The number of methoxy groups -OCH3 is 1. The van der Waals surface area contributed by atoms with Crippen molar-refractivity contribution in [1.82, 2.24) is 0 Å². The van der Waals surface area contributed by atoms with Gasteiger partial charge in [0.05, 0.1) is 7.11 Å². The predicted octanol–water partition coefficient (Wildman–Crippen LogP) is 2.28. The molecule has 2 heteroatoms. The molecule has 0 heterocycles. The molecule has 0 unspecified atom stereocenters. The minimum absolute atomic E-state index is 0.229. The molecule has 1 rings (SSSR count). The molecule has 0 saturated heterocycles. The molecule has 0 aromatic heterocycles. The topological polar surface area (TPSA) is 33.1 Å². The first-order chi connectivity index (χ1) is 5.65. The Morgan fingerprint density at radius 3 is 2.50 bits per heavy atom. The highest BCUT2D eigenvalue weighted by molar-refractivity contribution is 5.93. The van der Waals surface area contributed by atoms with Crippen LogP contribution in [0.15, 0.2) is 18.2 Å². The molecule has 0 amide bonds. The van der Waals surface area contributed by atoms with Crippen molar-refractivity contribution in [2.24, 2.45) is 0 Å². The monoisotopic (exact) mass is 163 g/mol. The molecule has 0 aliphatic heterocycles. The summed E-state index contributed by atoms with van der Waals surface area (Å²) in [7, 11) is 1.52. The molecule has 12 heavy (non-hydrogen) atoms. The van der Waals surface area contributed by atoms with Gasteiger partial charge in [-0.1, -0.05) is 17.7 Å². The minimum atomic E-state index is 0.229. The zero-order valence-electron chi connectivity index (χ0n) is 7.64. The zero-order chi connectivity index (χ0) is 9.14. The molecular formula is C10H13NO. The van der Waals surface area contributed by atoms with E-state index in [0.717, 1.165) is 11.1 Å². The normalized spacial score (nSPS) is 9.58. The molecule has 0 aliphatic rings. The van der Waals surface area contributed by atoms with Crippen LogP contribution in [-0.4, -0.2) is 13.0 Å². The average Bonchev–Trinajstić information content (AvgIpc) is 2.03. The second-order valence-corrected chi connectivity index (χ2v) is 2.85. The Morgan fingerprint density at radius 1 is 1.33 bits per heavy atom. The van der Waals surface area contributed by atoms with E-state index in [-0.39, 0.29) is 5.90 Å². The number of ether oxygens (including phenoxy) is 1. The van der Waals surface area contributed by atoms with Crippen LogP contribution in [0.3, 0.4) is 0 Å². The van der Waals surface area contributed by atoms with Crippen LogP contribution in [0.4, 0.5) is 0 Å². The zero-order valence-corrected chi connectivity index (χ0v) is 7.64. The summed E-state index contributed by atoms with van der Waals surface area (Å²) in [4.78, 5) is 0. The smallest absolute Gasteiger partial charge is 0.213 e. The molecule has 1 N–H and O–H groups in total. The van der Waals surface area contributed by atoms with Crippen molar-refractivity contribution < 1.29 is 4.74 Å². The predicted molar refractivity (Wildman–Crippen MR) is 49.8 cm³/mol. The van der Waals surface area contributed by atoms with E-state index >= 15 is 0 Å². The van der Waals surface area contributed by atoms with E-state index < -0.39 is 0 Å². The van der Waals surface area contributed by atoms with Crippen LogP contribution in [0.5, 0.6) is 0 Å². The molecule has 0 atom stereocenters. The van der Waals surface area contributed by atoms with Crippen LogP contribution in [0, 0.1) is 19.3 Å². The van der Waals surface area contributed by atoms with Gasteiger partial charge >= 0.3 is 0 Å². The summed E-state index contributed by atoms with van der Waals surface area (Å²) in [6, 6.07) is 5.94. The Labute approximate surface area is 72.7 Å². The molecule has 0 radical (unpaired) electrons. The number of rotatable bonds is 1. The second kappa shape index (κ2) is 3.39. The highest BCUT2D eigenvalue weighted by Crippen LogP contribution is 2.10. The summed E-state index contributed by atoms with van der Waals surface area (Å²) in [5, 5.41) is 7.47. The van der Waals surface area contributed by atoms with E-state index in [1.807, 2.05) is 32.0 Å². The lowest BCUT2D eigenvalue weighted by molar-refractivity contribution is 0.401. The van der Waals surface area contributed by atoms with Crippen LogP contribution in [0.2, 0.25) is 0 Å². The minimum Gasteiger partial charge on any atom is -0.481 e. The van der Waals surface area contributed by atoms with Gasteiger partial charge in [0.15, 0.2) is 0 Å². The fourth-order valence-corrected chi connectivity index (χ4v) is 1.18. The van der Waals surface area contributed by atoms with Crippen LogP contribution in [0.1, 0.15) is 16.7 Å². The standard InChI is InChI=1S/C10H13NO/c1-7-4-5-9(8(2)6-7)10(11)12-3/h4-6,11H,1-3H3. The van der Waals surface area contributed by atoms with Crippen molar-refractivity contribution in [3.63, 3.8) is 0 Å². The van der Waals surface area contributed by atoms with Gasteiger partial charge in [0.2, 0.25) is 5.90 Å². The summed E-state index contributed by atoms with van der Waals surface area (Å²) >= 11 is 0. The summed E-state index contributed by atoms with van der Waals surface area (Å²) in [6.45, 7) is 4.02. The van der Waals surface area contributed by atoms with Gasteiger partial charge < -0.3 is 4.74 Å². The van der Waals surface area contributed by atoms with Gasteiger partial charge in [-0.25, -0.2) is 0 Å². The van der Waals surface area contributed by atoms with Gasteiger partial charge in [-0.3, -0.25) is 5.41 Å². The maximum absolute atomic E-state index is 7.47. The average molecular weight is 163 g/mol. The lowest BCUT2D eigenvalue weighted by Crippen LogP contribution is -2.03. The molecule has 0 spiro atoms. The maximum Gasteiger partial charge on any atom is 0.213 e. The Bertz CT molecular complexity index is 305. The second-order valence-electron chi connectivity index (χ2n) is 2.85. The molecule has 0 fully saturated rings. The fraction of sp³-hybridized carbons (Fsp3) is 0.300. The highest BCUT2D eigenvalue weighted by atomic mass is 16.5. The van der Waals surface area contributed by atoms with Gasteiger partial charge in [-0.2, -0.15) is 0 Å². The number of hydrogen-bond acceptors (Lipinski definition) is 2. The van der Waals surface area contributed by atoms with Gasteiger partial charge in [-0.05, 0) is 25.5 Å². The van der Waals surface area contributed by atoms with Crippen LogP contribution >= 0.6 is 0 Å². The summed E-state index contributed by atoms with van der Waals surface area (Å²) in [5.74, 6) is 0.229. The third kappa shape index (κ3) is 1.64. The van der Waals surface area contributed by atoms with Gasteiger partial charge in [0, 0.05) is 5.56 Å². The maximum atomic E-state index is 7.47. The van der Waals surface area contributed by atoms with Crippen molar-refractivity contribution in [1.29, 1.82) is 5.41 Å². The SMILES string of the molecule is COC(=N)c1ccc(C)cc1C. The first-order valence-electron chi connectivity index (χ1n) is 3.85. The van der Waals surface area contributed by atoms with E-state index in [1.165, 1.54) is 12.7 Å². The number of aryl methyl sites for hydroxylation is 2. The van der Waals surface area contributed by atoms with Crippen LogP contribution in [-0.2, 0) is 4.74 Å². The lowest BCUT2D eigenvalue weighted by Gasteiger charge is -2.06. The van der Waals surface area contributed by atoms with Crippen LogP contribution < -0.4 is 0 Å². The Hall–Kier alpha value is -1.31. The van der Waals surface area contributed by atoms with Crippen molar-refractivity contribution in [3.05, 3.63) is 34.9 Å². The number of hydrogen-bond donors (Lipinski definition) is 1. The van der Waals surface area contributed by atoms with Crippen molar-refractivity contribution in [2.75, 3.05) is 7.11 Å². The van der Waals surface area contributed by atoms with Gasteiger partial charge in [0.1, 0.15) is 0 Å². The molecule has 0 saturated carbocycles. The van der Waals surface area contributed by atoms with E-state index in [1.54, 1.807) is 0 Å². The van der Waals surface area contributed by atoms with Crippen LogP contribution in [0.25, 0.3) is 0 Å². The summed E-state index contributed by atoms with van der Waals surface area (Å²) in [5.41, 5.74) is 3.16. The lowest BCUT2D eigenvalue weighted by atomic mass is 10.1. The largest absolute Gasteiger partial charge is 0.481 e. The van der Waals surface area contributed by atoms with E-state index in [4.69, 9.17) is 10.1 Å². The first kappa shape index (κ1) is 8.78. The molecule has 0 bridgehead atoms. The summed E-state index contributed by atoms with van der Waals surface area (Å²) < 4.78 is 4.84. The quantitative estimate of drug-likeness (QED) is 0.500. The van der Waals surface area contributed by atoms with E-state index in [9.17, 15) is 0 Å². The molecular weight excluding hydrogens is 150 g/mol. The Morgan fingerprint density at radius 2 is 2.00 bits per heavy atom. The first-order valence-corrected chi connectivity index (χ1v) is 3.85. The third-order valence-electron chi connectivity index (χ3n) is 1.83. The molecule has 64 valence electrons.